The Hall–Kier alpha value is -0.940. The quantitative estimate of drug-likeness (QED) is 0.480. The lowest BCUT2D eigenvalue weighted by atomic mass is 9.92. The van der Waals surface area contributed by atoms with Crippen LogP contribution in [0.25, 0.3) is 0 Å². The Morgan fingerprint density at radius 2 is 2.12 bits per heavy atom. The van der Waals surface area contributed by atoms with Crippen molar-refractivity contribution < 1.29 is 20.1 Å². The van der Waals surface area contributed by atoms with Gasteiger partial charge in [0.25, 0.3) is 0 Å². The largest absolute Gasteiger partial charge is 0.390 e. The van der Waals surface area contributed by atoms with Crippen molar-refractivity contribution in [2.24, 2.45) is 5.92 Å². The minimum absolute atomic E-state index is 0.225. The van der Waals surface area contributed by atoms with Crippen LogP contribution in [0.1, 0.15) is 6.92 Å². The number of allylic oxidation sites excluding steroid dienone is 3. The fourth-order valence-electron chi connectivity index (χ4n) is 1.89. The van der Waals surface area contributed by atoms with Gasteiger partial charge in [-0.25, -0.2) is 0 Å². The molecule has 1 fully saturated rings. The van der Waals surface area contributed by atoms with Gasteiger partial charge in [-0.1, -0.05) is 37.0 Å². The van der Waals surface area contributed by atoms with Crippen LogP contribution in [0.5, 0.6) is 0 Å². The van der Waals surface area contributed by atoms with E-state index in [0.717, 1.165) is 0 Å². The number of aliphatic hydroxyl groups excluding tert-OH is 3. The third-order valence-corrected chi connectivity index (χ3v) is 2.87. The van der Waals surface area contributed by atoms with Crippen LogP contribution in [0.15, 0.2) is 37.0 Å². The van der Waals surface area contributed by atoms with Gasteiger partial charge in [-0.15, -0.1) is 0 Å². The molecule has 0 aliphatic carbocycles. The van der Waals surface area contributed by atoms with E-state index in [2.05, 4.69) is 6.58 Å². The molecule has 1 heterocycles. The van der Waals surface area contributed by atoms with Gasteiger partial charge in [0.05, 0.1) is 24.9 Å². The predicted octanol–water partition coefficient (Wildman–Crippen LogP) is 0.402. The molecular formula is C13H20O4. The van der Waals surface area contributed by atoms with E-state index in [4.69, 9.17) is 4.74 Å². The molecule has 4 nitrogen and oxygen atoms in total. The van der Waals surface area contributed by atoms with Crippen LogP contribution in [0.4, 0.5) is 0 Å². The highest BCUT2D eigenvalue weighted by Gasteiger charge is 2.40. The van der Waals surface area contributed by atoms with E-state index in [1.54, 1.807) is 31.2 Å². The zero-order chi connectivity index (χ0) is 12.8. The lowest BCUT2D eigenvalue weighted by Gasteiger charge is -2.23. The van der Waals surface area contributed by atoms with Gasteiger partial charge in [0.1, 0.15) is 6.10 Å². The molecule has 5 unspecified atom stereocenters. The van der Waals surface area contributed by atoms with Crippen molar-refractivity contribution in [1.29, 1.82) is 0 Å². The summed E-state index contributed by atoms with van der Waals surface area (Å²) in [5.41, 5.74) is 0. The summed E-state index contributed by atoms with van der Waals surface area (Å²) in [6.45, 7) is 5.51. The second-order valence-electron chi connectivity index (χ2n) is 4.08. The minimum Gasteiger partial charge on any atom is -0.390 e. The third-order valence-electron chi connectivity index (χ3n) is 2.87. The fourth-order valence-corrected chi connectivity index (χ4v) is 1.89. The van der Waals surface area contributed by atoms with Crippen molar-refractivity contribution >= 4 is 0 Å². The monoisotopic (exact) mass is 240 g/mol. The molecule has 1 saturated heterocycles. The average molecular weight is 240 g/mol. The van der Waals surface area contributed by atoms with Gasteiger partial charge in [0.2, 0.25) is 0 Å². The molecule has 0 bridgehead atoms. The Kier molecular flexibility index (Phi) is 5.58. The molecule has 0 spiro atoms. The molecule has 3 N–H and O–H groups in total. The summed E-state index contributed by atoms with van der Waals surface area (Å²) >= 11 is 0. The van der Waals surface area contributed by atoms with Gasteiger partial charge in [0, 0.05) is 5.92 Å². The van der Waals surface area contributed by atoms with Crippen molar-refractivity contribution in [2.45, 2.75) is 31.3 Å². The van der Waals surface area contributed by atoms with E-state index in [-0.39, 0.29) is 6.61 Å². The van der Waals surface area contributed by atoms with Crippen molar-refractivity contribution in [3.63, 3.8) is 0 Å². The molecule has 0 saturated carbocycles. The maximum atomic E-state index is 9.96. The molecule has 96 valence electrons. The molecular weight excluding hydrogens is 220 g/mol. The van der Waals surface area contributed by atoms with Crippen molar-refractivity contribution in [2.75, 3.05) is 6.61 Å². The molecule has 17 heavy (non-hydrogen) atoms. The molecule has 1 aliphatic rings. The second kappa shape index (κ2) is 6.71. The van der Waals surface area contributed by atoms with Crippen LogP contribution in [0.3, 0.4) is 0 Å². The molecule has 0 aromatic carbocycles. The second-order valence-corrected chi connectivity index (χ2v) is 4.08. The van der Waals surface area contributed by atoms with E-state index in [9.17, 15) is 15.3 Å². The van der Waals surface area contributed by atoms with E-state index < -0.39 is 30.3 Å². The normalized spacial score (nSPS) is 33.3. The topological polar surface area (TPSA) is 69.9 Å². The van der Waals surface area contributed by atoms with Gasteiger partial charge >= 0.3 is 0 Å². The predicted molar refractivity (Wildman–Crippen MR) is 65.4 cm³/mol. The Morgan fingerprint density at radius 3 is 2.71 bits per heavy atom. The van der Waals surface area contributed by atoms with Gasteiger partial charge in [-0.2, -0.15) is 0 Å². The first-order valence-corrected chi connectivity index (χ1v) is 5.69. The molecule has 5 atom stereocenters. The lowest BCUT2D eigenvalue weighted by molar-refractivity contribution is -0.0252. The molecule has 1 rings (SSSR count). The molecule has 1 aliphatic heterocycles. The van der Waals surface area contributed by atoms with Gasteiger partial charge in [-0.05, 0) is 6.92 Å². The van der Waals surface area contributed by atoms with Crippen LogP contribution in [-0.4, -0.2) is 46.3 Å². The smallest absolute Gasteiger partial charge is 0.102 e. The van der Waals surface area contributed by atoms with Crippen molar-refractivity contribution in [3.8, 4) is 0 Å². The maximum absolute atomic E-state index is 9.96. The Balaban J connectivity index is 2.62. The summed E-state index contributed by atoms with van der Waals surface area (Å²) in [5, 5.41) is 29.5. The number of aliphatic hydroxyl groups is 3. The highest BCUT2D eigenvalue weighted by Crippen LogP contribution is 2.26. The summed E-state index contributed by atoms with van der Waals surface area (Å²) in [5.74, 6) is -0.485. The van der Waals surface area contributed by atoms with Crippen LogP contribution in [-0.2, 0) is 4.74 Å². The molecule has 4 heteroatoms. The molecule has 0 radical (unpaired) electrons. The standard InChI is InChI=1S/C13H20O4/c1-3-5-7-11-13(16)9(8-17-11)12(15)10(14)6-4-2/h3-7,9-16H,1,8H2,2H3/b6-4+,7-5+. The van der Waals surface area contributed by atoms with Crippen molar-refractivity contribution in [1.82, 2.24) is 0 Å². The first-order valence-electron chi connectivity index (χ1n) is 5.69. The summed E-state index contributed by atoms with van der Waals surface area (Å²) in [6, 6.07) is 0. The molecule has 0 aromatic rings. The SMILES string of the molecule is C=C/C=C/C1OCC(C(O)C(O)/C=C/C)C1O. The Bertz CT molecular complexity index is 298. The maximum Gasteiger partial charge on any atom is 0.102 e. The van der Waals surface area contributed by atoms with Gasteiger partial charge < -0.3 is 20.1 Å². The first-order chi connectivity index (χ1) is 8.11. The zero-order valence-corrected chi connectivity index (χ0v) is 9.94. The van der Waals surface area contributed by atoms with Crippen molar-refractivity contribution in [3.05, 3.63) is 37.0 Å². The highest BCUT2D eigenvalue weighted by atomic mass is 16.5. The number of hydrogen-bond donors (Lipinski definition) is 3. The van der Waals surface area contributed by atoms with E-state index in [0.29, 0.717) is 0 Å². The van der Waals surface area contributed by atoms with Gasteiger partial charge in [-0.3, -0.25) is 0 Å². The van der Waals surface area contributed by atoms with E-state index in [1.807, 2.05) is 0 Å². The number of rotatable bonds is 5. The van der Waals surface area contributed by atoms with Crippen LogP contribution in [0.2, 0.25) is 0 Å². The van der Waals surface area contributed by atoms with Crippen LogP contribution >= 0.6 is 0 Å². The summed E-state index contributed by atoms with van der Waals surface area (Å²) in [4.78, 5) is 0. The molecule has 0 aromatic heterocycles. The van der Waals surface area contributed by atoms with Crippen LogP contribution in [0, 0.1) is 5.92 Å². The average Bonchev–Trinajstić information content (AvgIpc) is 2.67. The van der Waals surface area contributed by atoms with Crippen LogP contribution < -0.4 is 0 Å². The summed E-state index contributed by atoms with van der Waals surface area (Å²) in [6.07, 6.45) is 4.83. The molecule has 0 amide bonds. The summed E-state index contributed by atoms with van der Waals surface area (Å²) < 4.78 is 5.35. The number of ether oxygens (including phenoxy) is 1. The fraction of sp³-hybridized carbons (Fsp3) is 0.538. The van der Waals surface area contributed by atoms with E-state index >= 15 is 0 Å². The Morgan fingerprint density at radius 1 is 1.41 bits per heavy atom. The lowest BCUT2D eigenvalue weighted by Crippen LogP contribution is -2.39. The Labute approximate surface area is 102 Å². The summed E-state index contributed by atoms with van der Waals surface area (Å²) in [7, 11) is 0. The van der Waals surface area contributed by atoms with Gasteiger partial charge in [0.15, 0.2) is 0 Å². The van der Waals surface area contributed by atoms with E-state index in [1.165, 1.54) is 6.08 Å². The zero-order valence-electron chi connectivity index (χ0n) is 9.94. The minimum atomic E-state index is -1.02. The first kappa shape index (κ1) is 14.1. The number of hydrogen-bond acceptors (Lipinski definition) is 4. The third kappa shape index (κ3) is 3.51. The highest BCUT2D eigenvalue weighted by molar-refractivity contribution is 5.07.